The van der Waals surface area contributed by atoms with Crippen LogP contribution >= 0.6 is 12.4 Å². The van der Waals surface area contributed by atoms with Gasteiger partial charge < -0.3 is 11.1 Å². The molecule has 0 unspecified atom stereocenters. The molecule has 1 amide bonds. The number of aryl methyl sites for hydroxylation is 1. The summed E-state index contributed by atoms with van der Waals surface area (Å²) in [6.07, 6.45) is 4.67. The molecule has 0 radical (unpaired) electrons. The first-order chi connectivity index (χ1) is 11.5. The molecule has 1 aliphatic rings. The summed E-state index contributed by atoms with van der Waals surface area (Å²) in [5, 5.41) is 2.86. The third kappa shape index (κ3) is 6.58. The molecule has 0 atom stereocenters. The zero-order chi connectivity index (χ0) is 17.4. The van der Waals surface area contributed by atoms with E-state index < -0.39 is 10.0 Å². The summed E-state index contributed by atoms with van der Waals surface area (Å²) in [4.78, 5) is 12.1. The molecular formula is C17H28ClN3O3S. The molecule has 2 rings (SSSR count). The Bertz CT molecular complexity index is 629. The number of rotatable bonds is 9. The second-order valence-corrected chi connectivity index (χ2v) is 8.04. The van der Waals surface area contributed by atoms with Gasteiger partial charge in [0.05, 0.1) is 4.90 Å². The van der Waals surface area contributed by atoms with E-state index in [0.717, 1.165) is 31.2 Å². The van der Waals surface area contributed by atoms with Gasteiger partial charge in [-0.25, -0.2) is 8.42 Å². The van der Waals surface area contributed by atoms with Crippen molar-refractivity contribution in [3.8, 4) is 0 Å². The number of benzene rings is 1. The van der Waals surface area contributed by atoms with Crippen LogP contribution in [0.15, 0.2) is 29.2 Å². The molecule has 0 spiro atoms. The molecule has 1 aromatic rings. The maximum Gasteiger partial charge on any atom is 0.243 e. The first-order valence-corrected chi connectivity index (χ1v) is 10.0. The lowest BCUT2D eigenvalue weighted by Gasteiger charge is -2.15. The Balaban J connectivity index is 0.00000312. The molecule has 1 aliphatic heterocycles. The van der Waals surface area contributed by atoms with Crippen LogP contribution in [0.3, 0.4) is 0 Å². The van der Waals surface area contributed by atoms with E-state index in [0.29, 0.717) is 43.9 Å². The van der Waals surface area contributed by atoms with Gasteiger partial charge in [0.1, 0.15) is 0 Å². The number of hydrogen-bond donors (Lipinski definition) is 2. The Morgan fingerprint density at radius 2 is 1.76 bits per heavy atom. The Labute approximate surface area is 156 Å². The highest BCUT2D eigenvalue weighted by Crippen LogP contribution is 2.21. The predicted octanol–water partition coefficient (Wildman–Crippen LogP) is 1.68. The fourth-order valence-electron chi connectivity index (χ4n) is 2.75. The molecule has 0 bridgehead atoms. The van der Waals surface area contributed by atoms with E-state index in [1.165, 1.54) is 4.31 Å². The molecule has 1 heterocycles. The van der Waals surface area contributed by atoms with E-state index in [2.05, 4.69) is 5.32 Å². The summed E-state index contributed by atoms with van der Waals surface area (Å²) in [7, 11) is -3.36. The first-order valence-electron chi connectivity index (χ1n) is 8.60. The SMILES string of the molecule is Cl.NCCCCNC(=O)CCc1ccc(S(=O)(=O)N2CCCC2)cc1. The normalized spacial score (nSPS) is 14.9. The molecule has 1 aromatic carbocycles. The van der Waals surface area contributed by atoms with E-state index >= 15 is 0 Å². The lowest BCUT2D eigenvalue weighted by atomic mass is 10.1. The molecule has 8 heteroatoms. The lowest BCUT2D eigenvalue weighted by Crippen LogP contribution is -2.27. The van der Waals surface area contributed by atoms with Gasteiger partial charge in [0.2, 0.25) is 15.9 Å². The van der Waals surface area contributed by atoms with Crippen molar-refractivity contribution in [1.82, 2.24) is 9.62 Å². The van der Waals surface area contributed by atoms with Crippen LogP contribution in [0.4, 0.5) is 0 Å². The third-order valence-electron chi connectivity index (χ3n) is 4.22. The summed E-state index contributed by atoms with van der Waals surface area (Å²) in [6, 6.07) is 6.87. The topological polar surface area (TPSA) is 92.5 Å². The van der Waals surface area contributed by atoms with Gasteiger partial charge in [0.25, 0.3) is 0 Å². The van der Waals surface area contributed by atoms with Crippen molar-refractivity contribution in [2.24, 2.45) is 5.73 Å². The minimum Gasteiger partial charge on any atom is -0.356 e. The molecule has 0 aliphatic carbocycles. The van der Waals surface area contributed by atoms with Crippen LogP contribution in [-0.2, 0) is 21.2 Å². The van der Waals surface area contributed by atoms with Crippen LogP contribution in [0, 0.1) is 0 Å². The van der Waals surface area contributed by atoms with Crippen molar-refractivity contribution >= 4 is 28.3 Å². The molecule has 1 saturated heterocycles. The molecule has 0 aromatic heterocycles. The standard InChI is InChI=1S/C17H27N3O3S.ClH/c18-11-1-2-12-19-17(21)10-7-15-5-8-16(9-6-15)24(22,23)20-13-3-4-14-20;/h5-6,8-9H,1-4,7,10-14,18H2,(H,19,21);1H. The Hall–Kier alpha value is -1.15. The van der Waals surface area contributed by atoms with E-state index in [1.54, 1.807) is 24.3 Å². The maximum absolute atomic E-state index is 12.4. The van der Waals surface area contributed by atoms with Crippen molar-refractivity contribution < 1.29 is 13.2 Å². The van der Waals surface area contributed by atoms with Gasteiger partial charge in [-0.15, -0.1) is 12.4 Å². The van der Waals surface area contributed by atoms with Crippen LogP contribution in [0.1, 0.15) is 37.7 Å². The lowest BCUT2D eigenvalue weighted by molar-refractivity contribution is -0.121. The van der Waals surface area contributed by atoms with Crippen molar-refractivity contribution in [3.05, 3.63) is 29.8 Å². The summed E-state index contributed by atoms with van der Waals surface area (Å²) < 4.78 is 26.4. The summed E-state index contributed by atoms with van der Waals surface area (Å²) in [5.41, 5.74) is 6.37. The van der Waals surface area contributed by atoms with Crippen molar-refractivity contribution in [1.29, 1.82) is 0 Å². The van der Waals surface area contributed by atoms with Gasteiger partial charge in [0, 0.05) is 26.1 Å². The van der Waals surface area contributed by atoms with E-state index in [4.69, 9.17) is 5.73 Å². The molecular weight excluding hydrogens is 362 g/mol. The van der Waals surface area contributed by atoms with Gasteiger partial charge in [-0.2, -0.15) is 4.31 Å². The van der Waals surface area contributed by atoms with Crippen LogP contribution in [-0.4, -0.2) is 44.8 Å². The predicted molar refractivity (Wildman–Crippen MR) is 101 cm³/mol. The number of unbranched alkanes of at least 4 members (excludes halogenated alkanes) is 1. The molecule has 6 nitrogen and oxygen atoms in total. The molecule has 3 N–H and O–H groups in total. The number of nitrogens with one attached hydrogen (secondary N) is 1. The summed E-state index contributed by atoms with van der Waals surface area (Å²) in [5.74, 6) is 0.0146. The maximum atomic E-state index is 12.4. The monoisotopic (exact) mass is 389 g/mol. The first kappa shape index (κ1) is 21.9. The zero-order valence-corrected chi connectivity index (χ0v) is 16.1. The Morgan fingerprint density at radius 1 is 1.12 bits per heavy atom. The number of carbonyl (C=O) groups is 1. The zero-order valence-electron chi connectivity index (χ0n) is 14.4. The fraction of sp³-hybridized carbons (Fsp3) is 0.588. The highest BCUT2D eigenvalue weighted by Gasteiger charge is 2.26. The highest BCUT2D eigenvalue weighted by molar-refractivity contribution is 7.89. The van der Waals surface area contributed by atoms with Gasteiger partial charge in [-0.3, -0.25) is 4.79 Å². The minimum absolute atomic E-state index is 0. The average molecular weight is 390 g/mol. The summed E-state index contributed by atoms with van der Waals surface area (Å²) >= 11 is 0. The second-order valence-electron chi connectivity index (χ2n) is 6.10. The van der Waals surface area contributed by atoms with Gasteiger partial charge in [-0.1, -0.05) is 12.1 Å². The van der Waals surface area contributed by atoms with E-state index in [9.17, 15) is 13.2 Å². The van der Waals surface area contributed by atoms with Crippen LogP contribution < -0.4 is 11.1 Å². The largest absolute Gasteiger partial charge is 0.356 e. The van der Waals surface area contributed by atoms with Crippen molar-refractivity contribution in [3.63, 3.8) is 0 Å². The molecule has 142 valence electrons. The average Bonchev–Trinajstić information content (AvgIpc) is 3.13. The highest BCUT2D eigenvalue weighted by atomic mass is 35.5. The van der Waals surface area contributed by atoms with E-state index in [-0.39, 0.29) is 18.3 Å². The number of halogens is 1. The summed E-state index contributed by atoms with van der Waals surface area (Å²) in [6.45, 7) is 2.51. The smallest absolute Gasteiger partial charge is 0.243 e. The Kier molecular flexibility index (Phi) is 9.42. The number of nitrogens with zero attached hydrogens (tertiary/aromatic N) is 1. The van der Waals surface area contributed by atoms with Gasteiger partial charge in [0.15, 0.2) is 0 Å². The quantitative estimate of drug-likeness (QED) is 0.628. The fourth-order valence-corrected chi connectivity index (χ4v) is 4.27. The van der Waals surface area contributed by atoms with Gasteiger partial charge >= 0.3 is 0 Å². The number of carbonyl (C=O) groups excluding carboxylic acids is 1. The number of hydrogen-bond acceptors (Lipinski definition) is 4. The van der Waals surface area contributed by atoms with Gasteiger partial charge in [-0.05, 0) is 56.3 Å². The molecule has 25 heavy (non-hydrogen) atoms. The van der Waals surface area contributed by atoms with Crippen molar-refractivity contribution in [2.75, 3.05) is 26.2 Å². The van der Waals surface area contributed by atoms with Crippen molar-refractivity contribution in [2.45, 2.75) is 43.4 Å². The molecule has 1 fully saturated rings. The van der Waals surface area contributed by atoms with Crippen LogP contribution in [0.2, 0.25) is 0 Å². The van der Waals surface area contributed by atoms with Crippen LogP contribution in [0.25, 0.3) is 0 Å². The number of sulfonamides is 1. The molecule has 0 saturated carbocycles. The second kappa shape index (κ2) is 10.8. The third-order valence-corrected chi connectivity index (χ3v) is 6.13. The Morgan fingerprint density at radius 3 is 2.36 bits per heavy atom. The number of amides is 1. The number of nitrogens with two attached hydrogens (primary N) is 1. The van der Waals surface area contributed by atoms with E-state index in [1.807, 2.05) is 0 Å². The van der Waals surface area contributed by atoms with Crippen LogP contribution in [0.5, 0.6) is 0 Å². The minimum atomic E-state index is -3.36.